The molecule has 0 unspecified atom stereocenters. The molecule has 196 valence electrons. The highest BCUT2D eigenvalue weighted by Crippen LogP contribution is 2.41. The normalized spacial score (nSPS) is 15.4. The Morgan fingerprint density at radius 2 is 1.97 bits per heavy atom. The van der Waals surface area contributed by atoms with Crippen LogP contribution in [0.4, 0.5) is 5.69 Å². The number of amidine groups is 1. The average Bonchev–Trinajstić information content (AvgIpc) is 3.29. The number of fused-ring (bicyclic) bond motifs is 2. The van der Waals surface area contributed by atoms with Gasteiger partial charge in [0.2, 0.25) is 0 Å². The Kier molecular flexibility index (Phi) is 7.20. The number of hydrogen-bond acceptors (Lipinski definition) is 7. The summed E-state index contributed by atoms with van der Waals surface area (Å²) in [7, 11) is 1.51. The summed E-state index contributed by atoms with van der Waals surface area (Å²) in [6, 6.07) is 7.39. The molecule has 37 heavy (non-hydrogen) atoms. The van der Waals surface area contributed by atoms with Gasteiger partial charge < -0.3 is 25.0 Å². The van der Waals surface area contributed by atoms with Gasteiger partial charge >= 0.3 is 5.97 Å². The summed E-state index contributed by atoms with van der Waals surface area (Å²) < 4.78 is 5.60. The lowest BCUT2D eigenvalue weighted by molar-refractivity contribution is -0.137. The minimum Gasteiger partial charge on any atom is -0.491 e. The molecule has 0 fully saturated rings. The van der Waals surface area contributed by atoms with E-state index in [4.69, 9.17) is 15.3 Å². The van der Waals surface area contributed by atoms with E-state index in [0.717, 1.165) is 23.4 Å². The van der Waals surface area contributed by atoms with Gasteiger partial charge in [-0.3, -0.25) is 19.8 Å². The van der Waals surface area contributed by atoms with Gasteiger partial charge in [-0.1, -0.05) is 13.8 Å². The predicted octanol–water partition coefficient (Wildman–Crippen LogP) is 2.83. The molecule has 4 rings (SSSR count). The molecule has 0 radical (unpaired) electrons. The molecule has 10 heteroatoms. The van der Waals surface area contributed by atoms with Gasteiger partial charge in [-0.05, 0) is 43.2 Å². The largest absolute Gasteiger partial charge is 0.491 e. The number of aliphatic carboxylic acids is 1. The molecule has 0 bridgehead atoms. The molecule has 2 aliphatic rings. The maximum Gasteiger partial charge on any atom is 0.303 e. The number of pyridine rings is 1. The maximum absolute atomic E-state index is 13.3. The summed E-state index contributed by atoms with van der Waals surface area (Å²) in [4.78, 5) is 44.7. The van der Waals surface area contributed by atoms with Crippen LogP contribution in [0.25, 0.3) is 0 Å². The molecule has 2 aliphatic heterocycles. The zero-order valence-electron chi connectivity index (χ0n) is 21.7. The number of hydrogen-bond donors (Lipinski definition) is 3. The number of nitrogens with zero attached hydrogens (tertiary/aromatic N) is 3. The van der Waals surface area contributed by atoms with Crippen LogP contribution >= 0.6 is 0 Å². The first-order valence-corrected chi connectivity index (χ1v) is 12.4. The fraction of sp³-hybridized carbons (Fsp3) is 0.444. The van der Waals surface area contributed by atoms with Gasteiger partial charge in [-0.15, -0.1) is 0 Å². The van der Waals surface area contributed by atoms with Crippen LogP contribution in [0.15, 0.2) is 24.3 Å². The highest BCUT2D eigenvalue weighted by Gasteiger charge is 2.36. The number of benzene rings is 1. The number of anilines is 1. The van der Waals surface area contributed by atoms with Crippen LogP contribution in [0.1, 0.15) is 71.3 Å². The van der Waals surface area contributed by atoms with Gasteiger partial charge in [-0.2, -0.15) is 0 Å². The number of carboxylic acids is 1. The molecular weight excluding hydrogens is 474 g/mol. The van der Waals surface area contributed by atoms with Crippen molar-refractivity contribution < 1.29 is 24.2 Å². The number of carboxylic acid groups (broad SMARTS) is 1. The number of amides is 1. The number of Topliss-reactive ketones (excluding diaryl/α,β-unsaturated/α-hetero) is 1. The van der Waals surface area contributed by atoms with E-state index in [0.29, 0.717) is 43.1 Å². The number of ketones is 1. The number of aromatic nitrogens is 1. The number of rotatable bonds is 10. The molecular formula is C27H33N5O5. The van der Waals surface area contributed by atoms with E-state index < -0.39 is 11.9 Å². The summed E-state index contributed by atoms with van der Waals surface area (Å²) >= 11 is 0. The van der Waals surface area contributed by atoms with Crippen LogP contribution in [0.3, 0.4) is 0 Å². The molecule has 0 saturated heterocycles. The van der Waals surface area contributed by atoms with Crippen LogP contribution in [0.5, 0.6) is 5.75 Å². The lowest BCUT2D eigenvalue weighted by Crippen LogP contribution is -2.31. The summed E-state index contributed by atoms with van der Waals surface area (Å²) in [6.07, 6.45) is 0.683. The standard InChI is InChI=1S/C27H33N5O5/c1-5-37-21-12-17-13-32(25(28)23(17)30-24(21)26(36)29-4)14-20(33)16-8-9-19-18(11-16)27(2,3)15-31(19)10-6-7-22(34)35/h8-9,11-12,28H,5-7,10,13-15H2,1-4H3,(H,29,36)(H,34,35). The van der Waals surface area contributed by atoms with E-state index in [1.165, 1.54) is 7.05 Å². The van der Waals surface area contributed by atoms with Crippen LogP contribution in [0, 0.1) is 5.41 Å². The van der Waals surface area contributed by atoms with Gasteiger partial charge in [0.25, 0.3) is 5.91 Å². The number of ether oxygens (including phenoxy) is 1. The summed E-state index contributed by atoms with van der Waals surface area (Å²) in [5, 5.41) is 20.1. The Morgan fingerprint density at radius 3 is 2.65 bits per heavy atom. The third-order valence-corrected chi connectivity index (χ3v) is 6.84. The molecule has 0 atom stereocenters. The number of nitrogens with one attached hydrogen (secondary N) is 2. The Balaban J connectivity index is 1.52. The average molecular weight is 508 g/mol. The minimum atomic E-state index is -0.802. The quantitative estimate of drug-likeness (QED) is 0.418. The molecule has 0 aliphatic carbocycles. The van der Waals surface area contributed by atoms with Gasteiger partial charge in [-0.25, -0.2) is 4.98 Å². The first kappa shape index (κ1) is 26.1. The summed E-state index contributed by atoms with van der Waals surface area (Å²) in [5.41, 5.74) is 3.71. The van der Waals surface area contributed by atoms with E-state index in [-0.39, 0.29) is 35.7 Å². The lowest BCUT2D eigenvalue weighted by Gasteiger charge is -2.22. The topological polar surface area (TPSA) is 136 Å². The van der Waals surface area contributed by atoms with Crippen LogP contribution < -0.4 is 15.0 Å². The predicted molar refractivity (Wildman–Crippen MR) is 139 cm³/mol. The molecule has 10 nitrogen and oxygen atoms in total. The molecule has 1 aromatic heterocycles. The van der Waals surface area contributed by atoms with Crippen LogP contribution in [-0.4, -0.2) is 71.8 Å². The summed E-state index contributed by atoms with van der Waals surface area (Å²) in [5.74, 6) is -0.857. The monoisotopic (exact) mass is 507 g/mol. The third kappa shape index (κ3) is 5.14. The Bertz CT molecular complexity index is 1270. The number of carbonyl (C=O) groups is 3. The first-order chi connectivity index (χ1) is 17.6. The third-order valence-electron chi connectivity index (χ3n) is 6.84. The van der Waals surface area contributed by atoms with Gasteiger partial charge in [0.15, 0.2) is 17.2 Å². The van der Waals surface area contributed by atoms with E-state index in [1.807, 2.05) is 19.1 Å². The van der Waals surface area contributed by atoms with E-state index in [9.17, 15) is 14.4 Å². The smallest absolute Gasteiger partial charge is 0.303 e. The van der Waals surface area contributed by atoms with Gasteiger partial charge in [0.05, 0.1) is 13.2 Å². The zero-order chi connectivity index (χ0) is 26.9. The molecule has 0 saturated carbocycles. The SMILES string of the molecule is CCOc1cc2c(nc1C(=O)NC)C(=N)N(CC(=O)c1ccc3c(c1)C(C)(C)CN3CCCC(=O)O)C2. The highest BCUT2D eigenvalue weighted by atomic mass is 16.5. The Morgan fingerprint density at radius 1 is 1.22 bits per heavy atom. The lowest BCUT2D eigenvalue weighted by atomic mass is 9.85. The molecule has 1 aromatic carbocycles. The van der Waals surface area contributed by atoms with Crippen molar-refractivity contribution in [3.8, 4) is 5.75 Å². The van der Waals surface area contributed by atoms with E-state index >= 15 is 0 Å². The van der Waals surface area contributed by atoms with Crippen molar-refractivity contribution in [2.24, 2.45) is 0 Å². The van der Waals surface area contributed by atoms with Gasteiger partial charge in [0.1, 0.15) is 11.5 Å². The van der Waals surface area contributed by atoms with Crippen LogP contribution in [-0.2, 0) is 16.8 Å². The maximum atomic E-state index is 13.3. The Labute approximate surface area is 216 Å². The molecule has 0 spiro atoms. The highest BCUT2D eigenvalue weighted by molar-refractivity contribution is 6.05. The van der Waals surface area contributed by atoms with Crippen LogP contribution in [0.2, 0.25) is 0 Å². The molecule has 2 aromatic rings. The van der Waals surface area contributed by atoms with Crippen molar-refractivity contribution in [1.82, 2.24) is 15.2 Å². The molecule has 3 heterocycles. The summed E-state index contributed by atoms with van der Waals surface area (Å²) in [6.45, 7) is 8.17. The van der Waals surface area contributed by atoms with Crippen molar-refractivity contribution >= 4 is 29.2 Å². The van der Waals surface area contributed by atoms with Crippen molar-refractivity contribution in [3.05, 3.63) is 52.3 Å². The Hall–Kier alpha value is -3.95. The van der Waals surface area contributed by atoms with Crippen molar-refractivity contribution in [1.29, 1.82) is 5.41 Å². The molecule has 1 amide bonds. The van der Waals surface area contributed by atoms with Crippen molar-refractivity contribution in [2.45, 2.75) is 45.6 Å². The fourth-order valence-corrected chi connectivity index (χ4v) is 5.04. The zero-order valence-corrected chi connectivity index (χ0v) is 21.7. The first-order valence-electron chi connectivity index (χ1n) is 12.4. The molecule has 3 N–H and O–H groups in total. The second-order valence-corrected chi connectivity index (χ2v) is 10.0. The van der Waals surface area contributed by atoms with E-state index in [2.05, 4.69) is 29.0 Å². The fourth-order valence-electron chi connectivity index (χ4n) is 5.04. The van der Waals surface area contributed by atoms with Crippen molar-refractivity contribution in [3.63, 3.8) is 0 Å². The second kappa shape index (κ2) is 10.2. The minimum absolute atomic E-state index is 0.00993. The second-order valence-electron chi connectivity index (χ2n) is 10.0. The number of carbonyl (C=O) groups excluding carboxylic acids is 2. The van der Waals surface area contributed by atoms with Gasteiger partial charge in [0, 0.05) is 55.3 Å². The van der Waals surface area contributed by atoms with E-state index in [1.54, 1.807) is 17.0 Å². The van der Waals surface area contributed by atoms with Crippen molar-refractivity contribution in [2.75, 3.05) is 38.2 Å².